The van der Waals surface area contributed by atoms with E-state index < -0.39 is 0 Å². The first-order valence-corrected chi connectivity index (χ1v) is 3.03. The summed E-state index contributed by atoms with van der Waals surface area (Å²) in [6, 6.07) is 8.63. The van der Waals surface area contributed by atoms with Crippen LogP contribution in [0.15, 0.2) is 24.3 Å². The molecule has 0 unspecified atom stereocenters. The zero-order valence-electron chi connectivity index (χ0n) is 4.72. The average Bonchev–Trinajstić information content (AvgIpc) is 1.72. The van der Waals surface area contributed by atoms with Gasteiger partial charge >= 0.3 is 0 Å². The molecular formula is C8H8. The Kier molecular flexibility index (Phi) is 0.696. The molecule has 0 saturated heterocycles. The molecule has 0 fully saturated rings. The Labute approximate surface area is 49.2 Å². The molecule has 0 spiro atoms. The van der Waals surface area contributed by atoms with Crippen molar-refractivity contribution in [3.8, 4) is 0 Å². The van der Waals surface area contributed by atoms with E-state index in [0.717, 1.165) is 0 Å². The highest BCUT2D eigenvalue weighted by molar-refractivity contribution is 5.34. The number of hydrogen-bond donors (Lipinski definition) is 0. The molecule has 0 bridgehead atoms. The number of aryl methyl sites for hydroxylation is 2. The summed E-state index contributed by atoms with van der Waals surface area (Å²) in [7, 11) is 0. The zero-order chi connectivity index (χ0) is 5.40. The lowest BCUT2D eigenvalue weighted by molar-refractivity contribution is 0.839. The maximum atomic E-state index is 2.21. The Hall–Kier alpha value is -0.780. The number of fused-ring (bicyclic) bond motifs is 1. The molecule has 1 aromatic carbocycles. The summed E-state index contributed by atoms with van der Waals surface area (Å²) >= 11 is 0. The number of hydrogen-bond acceptors (Lipinski definition) is 0. The van der Waals surface area contributed by atoms with Crippen molar-refractivity contribution >= 4 is 0 Å². The van der Waals surface area contributed by atoms with Gasteiger partial charge in [-0.1, -0.05) is 24.3 Å². The van der Waals surface area contributed by atoms with Crippen LogP contribution in [0.2, 0.25) is 0 Å². The monoisotopic (exact) mass is 104 g/mol. The Bertz CT molecular complexity index is 178. The molecule has 40 valence electrons. The van der Waals surface area contributed by atoms with E-state index in [1.807, 2.05) is 0 Å². The molecule has 0 nitrogen and oxygen atoms in total. The molecular weight excluding hydrogens is 96.1 g/mol. The molecule has 1 aromatic rings. The fraction of sp³-hybridized carbons (Fsp3) is 0.250. The molecule has 0 heteroatoms. The van der Waals surface area contributed by atoms with Crippen LogP contribution >= 0.6 is 0 Å². The van der Waals surface area contributed by atoms with Crippen LogP contribution in [0.25, 0.3) is 0 Å². The van der Waals surface area contributed by atoms with Gasteiger partial charge in [-0.05, 0) is 24.0 Å². The van der Waals surface area contributed by atoms with Gasteiger partial charge in [0, 0.05) is 0 Å². The molecule has 2 rings (SSSR count). The van der Waals surface area contributed by atoms with Crippen LogP contribution in [-0.2, 0) is 12.8 Å². The lowest BCUT2D eigenvalue weighted by Gasteiger charge is -2.16. The third kappa shape index (κ3) is 0.401. The van der Waals surface area contributed by atoms with Gasteiger partial charge in [-0.25, -0.2) is 0 Å². The van der Waals surface area contributed by atoms with Gasteiger partial charge in [0.1, 0.15) is 0 Å². The molecule has 8 heavy (non-hydrogen) atoms. The van der Waals surface area contributed by atoms with Gasteiger partial charge in [0.05, 0.1) is 0 Å². The summed E-state index contributed by atoms with van der Waals surface area (Å²) < 4.78 is 0. The Morgan fingerprint density at radius 1 is 0.875 bits per heavy atom. The standard InChI is InChI=1S/C8H8/c1-2-4-8-6-5-7(8)3-1/h1-4H,5-6H2. The average molecular weight is 104 g/mol. The topological polar surface area (TPSA) is 0 Å². The van der Waals surface area contributed by atoms with Crippen molar-refractivity contribution in [3.63, 3.8) is 0 Å². The third-order valence-electron chi connectivity index (χ3n) is 1.78. The van der Waals surface area contributed by atoms with E-state index in [-0.39, 0.29) is 0 Å². The van der Waals surface area contributed by atoms with Gasteiger partial charge < -0.3 is 0 Å². The lowest BCUT2D eigenvalue weighted by Crippen LogP contribution is -2.06. The van der Waals surface area contributed by atoms with E-state index in [4.69, 9.17) is 0 Å². The van der Waals surface area contributed by atoms with Crippen molar-refractivity contribution in [1.82, 2.24) is 0 Å². The smallest absolute Gasteiger partial charge is 0.0235 e. The predicted molar refractivity (Wildman–Crippen MR) is 33.8 cm³/mol. The summed E-state index contributed by atoms with van der Waals surface area (Å²) in [5.41, 5.74) is 3.10. The molecule has 0 amide bonds. The van der Waals surface area contributed by atoms with Gasteiger partial charge in [0.2, 0.25) is 0 Å². The summed E-state index contributed by atoms with van der Waals surface area (Å²) in [5, 5.41) is 0. The first-order valence-electron chi connectivity index (χ1n) is 3.03. The van der Waals surface area contributed by atoms with Crippen molar-refractivity contribution in [3.05, 3.63) is 35.4 Å². The summed E-state index contributed by atoms with van der Waals surface area (Å²) in [6.07, 6.45) is 2.60. The lowest BCUT2D eigenvalue weighted by atomic mass is 9.89. The van der Waals surface area contributed by atoms with Crippen molar-refractivity contribution in [2.24, 2.45) is 0 Å². The van der Waals surface area contributed by atoms with Crippen LogP contribution in [0, 0.1) is 0 Å². The minimum absolute atomic E-state index is 1.30. The molecule has 0 aromatic heterocycles. The second kappa shape index (κ2) is 1.35. The van der Waals surface area contributed by atoms with Gasteiger partial charge in [0.25, 0.3) is 0 Å². The van der Waals surface area contributed by atoms with Gasteiger partial charge in [-0.15, -0.1) is 0 Å². The van der Waals surface area contributed by atoms with E-state index in [1.54, 1.807) is 11.1 Å². The third-order valence-corrected chi connectivity index (χ3v) is 1.78. The molecule has 0 saturated carbocycles. The highest BCUT2D eigenvalue weighted by atomic mass is 14.1. The van der Waals surface area contributed by atoms with Gasteiger partial charge in [-0.2, -0.15) is 0 Å². The van der Waals surface area contributed by atoms with Crippen LogP contribution in [0.1, 0.15) is 11.1 Å². The van der Waals surface area contributed by atoms with E-state index in [0.29, 0.717) is 0 Å². The van der Waals surface area contributed by atoms with E-state index >= 15 is 0 Å². The Morgan fingerprint density at radius 2 is 1.38 bits per heavy atom. The van der Waals surface area contributed by atoms with Crippen molar-refractivity contribution < 1.29 is 0 Å². The molecule has 0 atom stereocenters. The molecule has 1 aliphatic carbocycles. The van der Waals surface area contributed by atoms with Crippen LogP contribution < -0.4 is 0 Å². The quantitative estimate of drug-likeness (QED) is 0.470. The summed E-state index contributed by atoms with van der Waals surface area (Å²) in [4.78, 5) is 0. The summed E-state index contributed by atoms with van der Waals surface area (Å²) in [6.45, 7) is 0. The van der Waals surface area contributed by atoms with E-state index in [2.05, 4.69) is 24.3 Å². The molecule has 0 heterocycles. The van der Waals surface area contributed by atoms with Crippen molar-refractivity contribution in [2.45, 2.75) is 12.8 Å². The van der Waals surface area contributed by atoms with E-state index in [1.165, 1.54) is 12.8 Å². The van der Waals surface area contributed by atoms with Crippen LogP contribution in [0.4, 0.5) is 0 Å². The Balaban J connectivity index is 2.62. The molecule has 0 aliphatic heterocycles. The highest BCUT2D eigenvalue weighted by Crippen LogP contribution is 2.20. The number of benzene rings is 1. The zero-order valence-corrected chi connectivity index (χ0v) is 4.72. The minimum Gasteiger partial charge on any atom is -0.0620 e. The van der Waals surface area contributed by atoms with E-state index in [9.17, 15) is 0 Å². The maximum Gasteiger partial charge on any atom is -0.0235 e. The predicted octanol–water partition coefficient (Wildman–Crippen LogP) is 1.79. The summed E-state index contributed by atoms with van der Waals surface area (Å²) in [5.74, 6) is 0. The Morgan fingerprint density at radius 3 is 1.62 bits per heavy atom. The molecule has 1 aliphatic rings. The minimum atomic E-state index is 1.30. The second-order valence-electron chi connectivity index (χ2n) is 2.27. The van der Waals surface area contributed by atoms with Crippen LogP contribution in [0.3, 0.4) is 0 Å². The number of rotatable bonds is 0. The van der Waals surface area contributed by atoms with Gasteiger partial charge in [-0.3, -0.25) is 0 Å². The van der Waals surface area contributed by atoms with Crippen LogP contribution in [0.5, 0.6) is 0 Å². The largest absolute Gasteiger partial charge is 0.0620 e. The van der Waals surface area contributed by atoms with Crippen molar-refractivity contribution in [2.75, 3.05) is 0 Å². The SMILES string of the molecule is c1ccc2c(c1)CC2. The first-order chi connectivity index (χ1) is 3.97. The first kappa shape index (κ1) is 4.13. The molecule has 0 N–H and O–H groups in total. The fourth-order valence-corrected chi connectivity index (χ4v) is 1.14. The second-order valence-corrected chi connectivity index (χ2v) is 2.27. The fourth-order valence-electron chi connectivity index (χ4n) is 1.14. The maximum absolute atomic E-state index is 2.21. The molecule has 0 radical (unpaired) electrons. The highest BCUT2D eigenvalue weighted by Gasteiger charge is 2.09. The van der Waals surface area contributed by atoms with Crippen molar-refractivity contribution in [1.29, 1.82) is 0 Å². The van der Waals surface area contributed by atoms with Crippen LogP contribution in [-0.4, -0.2) is 0 Å². The normalized spacial score (nSPS) is 14.5. The van der Waals surface area contributed by atoms with Gasteiger partial charge in [0.15, 0.2) is 0 Å².